The molecule has 0 radical (unpaired) electrons. The summed E-state index contributed by atoms with van der Waals surface area (Å²) in [6, 6.07) is 10.3. The SMILES string of the molecule is CN(Cc1ccccc1)c1ncc(CNC(C)(C)C)cn1. The first-order valence-electron chi connectivity index (χ1n) is 7.25. The minimum Gasteiger partial charge on any atom is -0.340 e. The molecule has 0 unspecified atom stereocenters. The number of nitrogens with zero attached hydrogens (tertiary/aromatic N) is 3. The second kappa shape index (κ2) is 6.68. The first-order valence-corrected chi connectivity index (χ1v) is 7.25. The molecule has 0 aliphatic carbocycles. The number of anilines is 1. The van der Waals surface area contributed by atoms with Crippen molar-refractivity contribution in [2.75, 3.05) is 11.9 Å². The van der Waals surface area contributed by atoms with E-state index in [1.807, 2.05) is 37.6 Å². The van der Waals surface area contributed by atoms with Crippen molar-refractivity contribution in [2.45, 2.75) is 39.4 Å². The Hall–Kier alpha value is -1.94. The smallest absolute Gasteiger partial charge is 0.225 e. The summed E-state index contributed by atoms with van der Waals surface area (Å²) in [5.41, 5.74) is 2.45. The third-order valence-electron chi connectivity index (χ3n) is 3.12. The fourth-order valence-electron chi connectivity index (χ4n) is 1.93. The molecule has 1 aromatic heterocycles. The molecule has 1 heterocycles. The van der Waals surface area contributed by atoms with E-state index in [1.54, 1.807) is 0 Å². The van der Waals surface area contributed by atoms with Gasteiger partial charge in [0.05, 0.1) is 0 Å². The van der Waals surface area contributed by atoms with Gasteiger partial charge in [-0.15, -0.1) is 0 Å². The molecule has 0 aliphatic heterocycles. The maximum absolute atomic E-state index is 4.45. The largest absolute Gasteiger partial charge is 0.340 e. The van der Waals surface area contributed by atoms with Crippen molar-refractivity contribution in [1.29, 1.82) is 0 Å². The first-order chi connectivity index (χ1) is 9.94. The number of rotatable bonds is 5. The molecule has 0 fully saturated rings. The van der Waals surface area contributed by atoms with Crippen LogP contribution >= 0.6 is 0 Å². The van der Waals surface area contributed by atoms with Gasteiger partial charge >= 0.3 is 0 Å². The summed E-state index contributed by atoms with van der Waals surface area (Å²) in [5, 5.41) is 3.43. The molecule has 1 aromatic carbocycles. The van der Waals surface area contributed by atoms with Crippen LogP contribution in [0.3, 0.4) is 0 Å². The number of benzene rings is 1. The molecule has 0 bridgehead atoms. The Labute approximate surface area is 127 Å². The summed E-state index contributed by atoms with van der Waals surface area (Å²) in [4.78, 5) is 11.0. The molecule has 0 saturated carbocycles. The fraction of sp³-hybridized carbons (Fsp3) is 0.412. The second-order valence-corrected chi connectivity index (χ2v) is 6.34. The average Bonchev–Trinajstić information content (AvgIpc) is 2.46. The number of aromatic nitrogens is 2. The van der Waals surface area contributed by atoms with Crippen LogP contribution in [0.1, 0.15) is 31.9 Å². The van der Waals surface area contributed by atoms with E-state index >= 15 is 0 Å². The summed E-state index contributed by atoms with van der Waals surface area (Å²) in [7, 11) is 2.01. The van der Waals surface area contributed by atoms with Crippen molar-refractivity contribution in [1.82, 2.24) is 15.3 Å². The minimum atomic E-state index is 0.1000. The summed E-state index contributed by atoms with van der Waals surface area (Å²) in [6.07, 6.45) is 3.78. The zero-order valence-corrected chi connectivity index (χ0v) is 13.3. The molecule has 0 saturated heterocycles. The quantitative estimate of drug-likeness (QED) is 0.916. The van der Waals surface area contributed by atoms with E-state index in [0.29, 0.717) is 0 Å². The molecule has 0 aliphatic rings. The zero-order valence-electron chi connectivity index (χ0n) is 13.3. The van der Waals surface area contributed by atoms with E-state index < -0.39 is 0 Å². The summed E-state index contributed by atoms with van der Waals surface area (Å²) >= 11 is 0. The summed E-state index contributed by atoms with van der Waals surface area (Å²) in [6.45, 7) is 8.04. The lowest BCUT2D eigenvalue weighted by atomic mass is 10.1. The van der Waals surface area contributed by atoms with Crippen molar-refractivity contribution in [2.24, 2.45) is 0 Å². The Balaban J connectivity index is 1.95. The molecule has 2 rings (SSSR count). The lowest BCUT2D eigenvalue weighted by molar-refractivity contribution is 0.423. The van der Waals surface area contributed by atoms with Crippen molar-refractivity contribution in [3.8, 4) is 0 Å². The van der Waals surface area contributed by atoms with Crippen LogP contribution in [0.25, 0.3) is 0 Å². The highest BCUT2D eigenvalue weighted by Gasteiger charge is 2.09. The first kappa shape index (κ1) is 15.4. The highest BCUT2D eigenvalue weighted by atomic mass is 15.2. The van der Waals surface area contributed by atoms with Crippen LogP contribution in [0.15, 0.2) is 42.7 Å². The maximum atomic E-state index is 4.45. The Morgan fingerprint density at radius 1 is 1.00 bits per heavy atom. The van der Waals surface area contributed by atoms with Crippen molar-refractivity contribution in [3.05, 3.63) is 53.9 Å². The predicted molar refractivity (Wildman–Crippen MR) is 87.2 cm³/mol. The average molecular weight is 284 g/mol. The van der Waals surface area contributed by atoms with Gasteiger partial charge in [0.1, 0.15) is 0 Å². The lowest BCUT2D eigenvalue weighted by Crippen LogP contribution is -2.35. The number of hydrogen-bond donors (Lipinski definition) is 1. The normalized spacial score (nSPS) is 11.4. The van der Waals surface area contributed by atoms with E-state index in [9.17, 15) is 0 Å². The molecular formula is C17H24N4. The van der Waals surface area contributed by atoms with Gasteiger partial charge in [0.15, 0.2) is 0 Å². The van der Waals surface area contributed by atoms with Crippen LogP contribution in [0, 0.1) is 0 Å². The number of nitrogens with one attached hydrogen (secondary N) is 1. The molecule has 0 amide bonds. The molecule has 0 spiro atoms. The molecule has 112 valence electrons. The summed E-state index contributed by atoms with van der Waals surface area (Å²) < 4.78 is 0. The van der Waals surface area contributed by atoms with Crippen molar-refractivity contribution < 1.29 is 0 Å². The van der Waals surface area contributed by atoms with Gasteiger partial charge in [-0.1, -0.05) is 30.3 Å². The Kier molecular flexibility index (Phi) is 4.91. The monoisotopic (exact) mass is 284 g/mol. The van der Waals surface area contributed by atoms with E-state index in [1.165, 1.54) is 5.56 Å². The molecule has 2 aromatic rings. The molecule has 1 N–H and O–H groups in total. The van der Waals surface area contributed by atoms with Crippen molar-refractivity contribution in [3.63, 3.8) is 0 Å². The van der Waals surface area contributed by atoms with Gasteiger partial charge in [-0.2, -0.15) is 0 Å². The second-order valence-electron chi connectivity index (χ2n) is 6.34. The fourth-order valence-corrected chi connectivity index (χ4v) is 1.93. The van der Waals surface area contributed by atoms with Crippen LogP contribution in [0.5, 0.6) is 0 Å². The topological polar surface area (TPSA) is 41.1 Å². The van der Waals surface area contributed by atoms with Crippen LogP contribution < -0.4 is 10.2 Å². The molecule has 4 heteroatoms. The zero-order chi connectivity index (χ0) is 15.3. The summed E-state index contributed by atoms with van der Waals surface area (Å²) in [5.74, 6) is 0.748. The van der Waals surface area contributed by atoms with E-state index in [-0.39, 0.29) is 5.54 Å². The molecule has 0 atom stereocenters. The Morgan fingerprint density at radius 3 is 2.19 bits per heavy atom. The van der Waals surface area contributed by atoms with Crippen LogP contribution in [-0.2, 0) is 13.1 Å². The van der Waals surface area contributed by atoms with Gasteiger partial charge in [0, 0.05) is 43.6 Å². The van der Waals surface area contributed by atoms with E-state index in [2.05, 4.69) is 53.1 Å². The van der Waals surface area contributed by atoms with Crippen LogP contribution in [0.2, 0.25) is 0 Å². The lowest BCUT2D eigenvalue weighted by Gasteiger charge is -2.21. The van der Waals surface area contributed by atoms with Crippen molar-refractivity contribution >= 4 is 5.95 Å². The third-order valence-corrected chi connectivity index (χ3v) is 3.12. The van der Waals surface area contributed by atoms with Gasteiger partial charge < -0.3 is 10.2 Å². The van der Waals surface area contributed by atoms with E-state index in [4.69, 9.17) is 0 Å². The maximum Gasteiger partial charge on any atom is 0.225 e. The van der Waals surface area contributed by atoms with Gasteiger partial charge in [-0.3, -0.25) is 0 Å². The molecular weight excluding hydrogens is 260 g/mol. The third kappa shape index (κ3) is 5.16. The predicted octanol–water partition coefficient (Wildman–Crippen LogP) is 3.00. The molecule has 21 heavy (non-hydrogen) atoms. The van der Waals surface area contributed by atoms with Gasteiger partial charge in [-0.25, -0.2) is 9.97 Å². The highest BCUT2D eigenvalue weighted by molar-refractivity contribution is 5.31. The van der Waals surface area contributed by atoms with Gasteiger partial charge in [0.2, 0.25) is 5.95 Å². The standard InChI is InChI=1S/C17H24N4/c1-17(2,3)20-12-15-10-18-16(19-11-15)21(4)13-14-8-6-5-7-9-14/h5-11,20H,12-13H2,1-4H3. The van der Waals surface area contributed by atoms with Crippen LogP contribution in [-0.4, -0.2) is 22.6 Å². The minimum absolute atomic E-state index is 0.1000. The number of hydrogen-bond acceptors (Lipinski definition) is 4. The Morgan fingerprint density at radius 2 is 1.62 bits per heavy atom. The van der Waals surface area contributed by atoms with Crippen LogP contribution in [0.4, 0.5) is 5.95 Å². The Bertz CT molecular complexity index is 543. The van der Waals surface area contributed by atoms with E-state index in [0.717, 1.165) is 24.6 Å². The molecule has 4 nitrogen and oxygen atoms in total. The highest BCUT2D eigenvalue weighted by Crippen LogP contribution is 2.10. The van der Waals surface area contributed by atoms with Gasteiger partial charge in [0.25, 0.3) is 0 Å². The van der Waals surface area contributed by atoms with Gasteiger partial charge in [-0.05, 0) is 26.3 Å².